The van der Waals surface area contributed by atoms with E-state index in [0.29, 0.717) is 19.7 Å². The minimum Gasteiger partial charge on any atom is -0.367 e. The molecule has 1 aliphatic heterocycles. The van der Waals surface area contributed by atoms with E-state index in [0.717, 1.165) is 54.4 Å². The van der Waals surface area contributed by atoms with Crippen molar-refractivity contribution in [3.63, 3.8) is 0 Å². The third kappa shape index (κ3) is 5.10. The van der Waals surface area contributed by atoms with Gasteiger partial charge in [0.05, 0.1) is 12.0 Å². The Morgan fingerprint density at radius 2 is 1.82 bits per heavy atom. The molecule has 5 rings (SSSR count). The van der Waals surface area contributed by atoms with Crippen LogP contribution in [0.1, 0.15) is 54.4 Å². The molecule has 0 spiro atoms. The van der Waals surface area contributed by atoms with Gasteiger partial charge < -0.3 is 14.5 Å². The lowest BCUT2D eigenvalue weighted by molar-refractivity contribution is -0.136. The van der Waals surface area contributed by atoms with Crippen molar-refractivity contribution in [2.45, 2.75) is 58.5 Å². The van der Waals surface area contributed by atoms with Crippen molar-refractivity contribution in [2.75, 3.05) is 37.7 Å². The van der Waals surface area contributed by atoms with E-state index < -0.39 is 0 Å². The number of benzene rings is 1. The van der Waals surface area contributed by atoms with E-state index in [9.17, 15) is 4.79 Å². The van der Waals surface area contributed by atoms with Crippen LogP contribution in [0.15, 0.2) is 30.3 Å². The molecule has 2 aromatic heterocycles. The first-order valence-electron chi connectivity index (χ1n) is 12.7. The second-order valence-electron chi connectivity index (χ2n) is 9.30. The lowest BCUT2D eigenvalue weighted by atomic mass is 10.1. The lowest BCUT2D eigenvalue weighted by Gasteiger charge is -2.36. The molecule has 180 valence electrons. The van der Waals surface area contributed by atoms with Crippen LogP contribution in [0.3, 0.4) is 0 Å². The zero-order valence-electron chi connectivity index (χ0n) is 20.1. The zero-order valence-corrected chi connectivity index (χ0v) is 20.9. The summed E-state index contributed by atoms with van der Waals surface area (Å²) in [6, 6.07) is 10.00. The first kappa shape index (κ1) is 23.2. The number of amides is 1. The number of ether oxygens (including phenoxy) is 1. The largest absolute Gasteiger partial charge is 0.367 e. The van der Waals surface area contributed by atoms with Crippen LogP contribution < -0.4 is 4.90 Å². The standard InChI is InChI=1S/C27H34N4O2S/c1-2-9-23-28-26(25-21-12-7-4-8-13-22(21)34-27(25)29-23)31-16-14-30(15-17-31)24(32)19-33-18-20-10-5-3-6-11-20/h3,5-6,10-11H,2,4,7-9,12-19H2,1H3. The van der Waals surface area contributed by atoms with Gasteiger partial charge in [-0.3, -0.25) is 4.79 Å². The number of thiophene rings is 1. The molecular weight excluding hydrogens is 444 g/mol. The molecule has 1 fully saturated rings. The van der Waals surface area contributed by atoms with Gasteiger partial charge in [0.1, 0.15) is 23.1 Å². The van der Waals surface area contributed by atoms with Gasteiger partial charge >= 0.3 is 0 Å². The molecule has 1 saturated heterocycles. The molecule has 1 amide bonds. The fourth-order valence-electron chi connectivity index (χ4n) is 5.01. The molecule has 0 bridgehead atoms. The van der Waals surface area contributed by atoms with E-state index in [1.807, 2.05) is 46.6 Å². The van der Waals surface area contributed by atoms with Crippen LogP contribution in [-0.2, 0) is 35.4 Å². The molecule has 0 radical (unpaired) electrons. The first-order chi connectivity index (χ1) is 16.7. The summed E-state index contributed by atoms with van der Waals surface area (Å²) in [5, 5.41) is 1.28. The summed E-state index contributed by atoms with van der Waals surface area (Å²) in [4.78, 5) is 29.8. The van der Waals surface area contributed by atoms with Gasteiger partial charge in [-0.05, 0) is 43.2 Å². The number of anilines is 1. The number of carbonyl (C=O) groups excluding carboxylic acids is 1. The van der Waals surface area contributed by atoms with Gasteiger partial charge in [-0.1, -0.05) is 43.7 Å². The van der Waals surface area contributed by atoms with Crippen LogP contribution in [-0.4, -0.2) is 53.6 Å². The molecule has 7 heteroatoms. The topological polar surface area (TPSA) is 58.6 Å². The van der Waals surface area contributed by atoms with Gasteiger partial charge in [0.2, 0.25) is 5.91 Å². The van der Waals surface area contributed by atoms with E-state index in [2.05, 4.69) is 11.8 Å². The number of nitrogens with zero attached hydrogens (tertiary/aromatic N) is 4. The van der Waals surface area contributed by atoms with Crippen LogP contribution in [0.4, 0.5) is 5.82 Å². The Bertz CT molecular complexity index is 1120. The number of fused-ring (bicyclic) bond motifs is 3. The van der Waals surface area contributed by atoms with Crippen molar-refractivity contribution in [3.8, 4) is 0 Å². The van der Waals surface area contributed by atoms with Crippen LogP contribution in [0, 0.1) is 0 Å². The van der Waals surface area contributed by atoms with Crippen molar-refractivity contribution in [1.29, 1.82) is 0 Å². The molecular formula is C27H34N4O2S. The predicted molar refractivity (Wildman–Crippen MR) is 138 cm³/mol. The maximum absolute atomic E-state index is 12.7. The SMILES string of the molecule is CCCc1nc(N2CCN(C(=O)COCc3ccccc3)CC2)c2c3c(sc2n1)CCCCC3. The predicted octanol–water partition coefficient (Wildman–Crippen LogP) is 4.78. The minimum atomic E-state index is 0.0690. The first-order valence-corrected chi connectivity index (χ1v) is 13.5. The van der Waals surface area contributed by atoms with Crippen LogP contribution >= 0.6 is 11.3 Å². The Morgan fingerprint density at radius 3 is 2.62 bits per heavy atom. The van der Waals surface area contributed by atoms with Crippen molar-refractivity contribution in [3.05, 3.63) is 52.2 Å². The Labute approximate surface area is 206 Å². The highest BCUT2D eigenvalue weighted by atomic mass is 32.1. The summed E-state index contributed by atoms with van der Waals surface area (Å²) < 4.78 is 5.69. The maximum atomic E-state index is 12.7. The molecule has 0 saturated carbocycles. The second-order valence-corrected chi connectivity index (χ2v) is 10.4. The Morgan fingerprint density at radius 1 is 1.03 bits per heavy atom. The summed E-state index contributed by atoms with van der Waals surface area (Å²) in [6.07, 6.45) is 8.09. The average molecular weight is 479 g/mol. The second kappa shape index (κ2) is 10.8. The van der Waals surface area contributed by atoms with Gasteiger partial charge in [0, 0.05) is 37.5 Å². The van der Waals surface area contributed by atoms with E-state index in [-0.39, 0.29) is 12.5 Å². The molecule has 3 heterocycles. The van der Waals surface area contributed by atoms with Gasteiger partial charge in [-0.2, -0.15) is 0 Å². The van der Waals surface area contributed by atoms with Gasteiger partial charge in [-0.25, -0.2) is 9.97 Å². The molecule has 2 aliphatic rings. The highest BCUT2D eigenvalue weighted by molar-refractivity contribution is 7.19. The van der Waals surface area contributed by atoms with Gasteiger partial charge in [0.15, 0.2) is 0 Å². The van der Waals surface area contributed by atoms with Gasteiger partial charge in [0.25, 0.3) is 0 Å². The van der Waals surface area contributed by atoms with E-state index in [1.54, 1.807) is 0 Å². The molecule has 0 unspecified atom stereocenters. The number of hydrogen-bond donors (Lipinski definition) is 0. The Kier molecular flexibility index (Phi) is 7.40. The van der Waals surface area contributed by atoms with E-state index in [1.165, 1.54) is 41.5 Å². The molecule has 1 aliphatic carbocycles. The molecule has 0 atom stereocenters. The maximum Gasteiger partial charge on any atom is 0.248 e. The molecule has 34 heavy (non-hydrogen) atoms. The Hall–Kier alpha value is -2.51. The smallest absolute Gasteiger partial charge is 0.248 e. The monoisotopic (exact) mass is 478 g/mol. The summed E-state index contributed by atoms with van der Waals surface area (Å²) in [6.45, 7) is 5.78. The molecule has 6 nitrogen and oxygen atoms in total. The number of piperazine rings is 1. The van der Waals surface area contributed by atoms with Crippen LogP contribution in [0.2, 0.25) is 0 Å². The minimum absolute atomic E-state index is 0.0690. The number of aromatic nitrogens is 2. The number of hydrogen-bond acceptors (Lipinski definition) is 6. The highest BCUT2D eigenvalue weighted by Gasteiger charge is 2.27. The van der Waals surface area contributed by atoms with Crippen molar-refractivity contribution in [1.82, 2.24) is 14.9 Å². The molecule has 1 aromatic carbocycles. The highest BCUT2D eigenvalue weighted by Crippen LogP contribution is 2.39. The number of rotatable bonds is 7. The number of aryl methyl sites for hydroxylation is 3. The third-order valence-corrected chi connectivity index (χ3v) is 8.02. The van der Waals surface area contributed by atoms with Crippen molar-refractivity contribution < 1.29 is 9.53 Å². The molecule has 0 N–H and O–H groups in total. The van der Waals surface area contributed by atoms with Crippen molar-refractivity contribution >= 4 is 33.3 Å². The normalized spacial score (nSPS) is 16.5. The van der Waals surface area contributed by atoms with E-state index in [4.69, 9.17) is 14.7 Å². The average Bonchev–Trinajstić information content (AvgIpc) is 3.05. The summed E-state index contributed by atoms with van der Waals surface area (Å²) >= 11 is 1.89. The quantitative estimate of drug-likeness (QED) is 0.458. The molecule has 3 aromatic rings. The summed E-state index contributed by atoms with van der Waals surface area (Å²) in [7, 11) is 0. The summed E-state index contributed by atoms with van der Waals surface area (Å²) in [5.74, 6) is 2.12. The fourth-order valence-corrected chi connectivity index (χ4v) is 6.29. The fraction of sp³-hybridized carbons (Fsp3) is 0.519. The van der Waals surface area contributed by atoms with Crippen LogP contribution in [0.25, 0.3) is 10.2 Å². The van der Waals surface area contributed by atoms with Gasteiger partial charge in [-0.15, -0.1) is 11.3 Å². The van der Waals surface area contributed by atoms with E-state index >= 15 is 0 Å². The lowest BCUT2D eigenvalue weighted by Crippen LogP contribution is -2.50. The Balaban J connectivity index is 1.28. The summed E-state index contributed by atoms with van der Waals surface area (Å²) in [5.41, 5.74) is 2.58. The van der Waals surface area contributed by atoms with Crippen LogP contribution in [0.5, 0.6) is 0 Å². The van der Waals surface area contributed by atoms with Crippen molar-refractivity contribution in [2.24, 2.45) is 0 Å². The zero-order chi connectivity index (χ0) is 23.3. The number of carbonyl (C=O) groups is 1. The third-order valence-electron chi connectivity index (χ3n) is 6.83.